The van der Waals surface area contributed by atoms with Gasteiger partial charge in [0.1, 0.15) is 5.82 Å². The first-order chi connectivity index (χ1) is 7.52. The van der Waals surface area contributed by atoms with E-state index < -0.39 is 0 Å². The molecule has 1 rings (SSSR count). The predicted molar refractivity (Wildman–Crippen MR) is 72.6 cm³/mol. The summed E-state index contributed by atoms with van der Waals surface area (Å²) in [7, 11) is 0. The van der Waals surface area contributed by atoms with Gasteiger partial charge < -0.3 is 11.1 Å². The van der Waals surface area contributed by atoms with Crippen molar-refractivity contribution in [2.24, 2.45) is 11.7 Å². The number of hydrogen-bond acceptors (Lipinski definition) is 3. The number of hydrogen-bond donors (Lipinski definition) is 2. The molecule has 0 radical (unpaired) electrons. The number of nitrogens with one attached hydrogen (secondary N) is 1. The number of nitrogens with two attached hydrogens (primary N) is 1. The number of rotatable bonds is 5. The van der Waals surface area contributed by atoms with E-state index in [0.29, 0.717) is 12.5 Å². The van der Waals surface area contributed by atoms with Gasteiger partial charge in [-0.2, -0.15) is 0 Å². The van der Waals surface area contributed by atoms with E-state index in [-0.39, 0.29) is 6.04 Å². The molecule has 3 nitrogen and oxygen atoms in total. The smallest absolute Gasteiger partial charge is 0.140 e. The van der Waals surface area contributed by atoms with E-state index >= 15 is 0 Å². The van der Waals surface area contributed by atoms with E-state index in [2.05, 4.69) is 46.1 Å². The first-order valence-corrected chi connectivity index (χ1v) is 6.41. The summed E-state index contributed by atoms with van der Waals surface area (Å²) in [5.41, 5.74) is 6.89. The minimum atomic E-state index is 0.284. The molecule has 1 atom stereocenters. The third-order valence-electron chi connectivity index (χ3n) is 2.36. The van der Waals surface area contributed by atoms with Crippen LogP contribution >= 0.6 is 15.9 Å². The number of aromatic nitrogens is 1. The summed E-state index contributed by atoms with van der Waals surface area (Å²) >= 11 is 3.51. The average molecular weight is 286 g/mol. The maximum Gasteiger partial charge on any atom is 0.140 e. The average Bonchev–Trinajstić information content (AvgIpc) is 2.20. The van der Waals surface area contributed by atoms with Crippen LogP contribution in [-0.4, -0.2) is 17.6 Å². The van der Waals surface area contributed by atoms with Gasteiger partial charge in [0.15, 0.2) is 0 Å². The van der Waals surface area contributed by atoms with Crippen LogP contribution in [0.3, 0.4) is 0 Å². The molecule has 4 heteroatoms. The highest BCUT2D eigenvalue weighted by molar-refractivity contribution is 9.10. The van der Waals surface area contributed by atoms with Crippen LogP contribution < -0.4 is 11.1 Å². The lowest BCUT2D eigenvalue weighted by atomic mass is 10.0. The van der Waals surface area contributed by atoms with Gasteiger partial charge in [-0.25, -0.2) is 4.98 Å². The van der Waals surface area contributed by atoms with E-state index in [9.17, 15) is 0 Å². The Hall–Kier alpha value is -0.610. The third kappa shape index (κ3) is 4.10. The van der Waals surface area contributed by atoms with Gasteiger partial charge in [0.05, 0.1) is 4.47 Å². The van der Waals surface area contributed by atoms with E-state index in [1.807, 2.05) is 13.1 Å². The van der Waals surface area contributed by atoms with E-state index in [1.165, 1.54) is 0 Å². The summed E-state index contributed by atoms with van der Waals surface area (Å²) in [5.74, 6) is 1.51. The first kappa shape index (κ1) is 13.5. The van der Waals surface area contributed by atoms with E-state index in [0.717, 1.165) is 22.3 Å². The maximum atomic E-state index is 5.74. The van der Waals surface area contributed by atoms with Crippen molar-refractivity contribution in [1.82, 2.24) is 4.98 Å². The number of pyridine rings is 1. The molecule has 0 bridgehead atoms. The SMILES string of the molecule is Cc1cnc(NC(CN)CC(C)C)c(Br)c1. The molecule has 1 aromatic rings. The number of nitrogens with zero attached hydrogens (tertiary/aromatic N) is 1. The second kappa shape index (κ2) is 6.21. The predicted octanol–water partition coefficient (Wildman–Crippen LogP) is 2.94. The molecule has 0 fully saturated rings. The Morgan fingerprint density at radius 1 is 1.50 bits per heavy atom. The Morgan fingerprint density at radius 3 is 2.69 bits per heavy atom. The van der Waals surface area contributed by atoms with Gasteiger partial charge >= 0.3 is 0 Å². The standard InChI is InChI=1S/C12H20BrN3/c1-8(2)4-10(6-14)16-12-11(13)5-9(3)7-15-12/h5,7-8,10H,4,6,14H2,1-3H3,(H,15,16). The quantitative estimate of drug-likeness (QED) is 0.875. The molecule has 0 aliphatic rings. The molecule has 1 heterocycles. The fourth-order valence-electron chi connectivity index (χ4n) is 1.62. The molecule has 16 heavy (non-hydrogen) atoms. The topological polar surface area (TPSA) is 50.9 Å². The highest BCUT2D eigenvalue weighted by atomic mass is 79.9. The van der Waals surface area contributed by atoms with E-state index in [4.69, 9.17) is 5.73 Å². The molecule has 90 valence electrons. The lowest BCUT2D eigenvalue weighted by Gasteiger charge is -2.20. The third-order valence-corrected chi connectivity index (χ3v) is 2.96. The minimum Gasteiger partial charge on any atom is -0.365 e. The zero-order valence-corrected chi connectivity index (χ0v) is 11.7. The van der Waals surface area contributed by atoms with Crippen molar-refractivity contribution < 1.29 is 0 Å². The number of aryl methyl sites for hydroxylation is 1. The maximum absolute atomic E-state index is 5.74. The van der Waals surface area contributed by atoms with Crippen LogP contribution in [0.4, 0.5) is 5.82 Å². The summed E-state index contributed by atoms with van der Waals surface area (Å²) in [6.45, 7) is 7.04. The van der Waals surface area contributed by atoms with Crippen LogP contribution in [0.2, 0.25) is 0 Å². The molecule has 3 N–H and O–H groups in total. The van der Waals surface area contributed by atoms with Crippen LogP contribution in [-0.2, 0) is 0 Å². The Bertz CT molecular complexity index is 339. The van der Waals surface area contributed by atoms with Gasteiger partial charge in [0, 0.05) is 18.8 Å². The van der Waals surface area contributed by atoms with Crippen molar-refractivity contribution in [2.75, 3.05) is 11.9 Å². The highest BCUT2D eigenvalue weighted by Gasteiger charge is 2.11. The van der Waals surface area contributed by atoms with Crippen molar-refractivity contribution in [1.29, 1.82) is 0 Å². The van der Waals surface area contributed by atoms with Gasteiger partial charge in [-0.15, -0.1) is 0 Å². The number of halogens is 1. The fourth-order valence-corrected chi connectivity index (χ4v) is 2.19. The molecule has 0 amide bonds. The molecule has 0 spiro atoms. The van der Waals surface area contributed by atoms with Gasteiger partial charge in [-0.3, -0.25) is 0 Å². The monoisotopic (exact) mass is 285 g/mol. The molecule has 0 saturated carbocycles. The largest absolute Gasteiger partial charge is 0.365 e. The Morgan fingerprint density at radius 2 is 2.19 bits per heavy atom. The second-order valence-corrected chi connectivity index (χ2v) is 5.40. The van der Waals surface area contributed by atoms with Crippen LogP contribution in [0.25, 0.3) is 0 Å². The normalized spacial score (nSPS) is 12.9. The Kier molecular flexibility index (Phi) is 5.22. The number of anilines is 1. The second-order valence-electron chi connectivity index (χ2n) is 4.55. The zero-order chi connectivity index (χ0) is 12.1. The van der Waals surface area contributed by atoms with Crippen LogP contribution in [0.1, 0.15) is 25.8 Å². The molecule has 0 aromatic carbocycles. The van der Waals surface area contributed by atoms with Gasteiger partial charge in [-0.05, 0) is 46.8 Å². The Balaban J connectivity index is 2.70. The summed E-state index contributed by atoms with van der Waals surface area (Å²) in [5, 5.41) is 3.37. The lowest BCUT2D eigenvalue weighted by molar-refractivity contribution is 0.521. The van der Waals surface area contributed by atoms with Crippen LogP contribution in [0, 0.1) is 12.8 Å². The van der Waals surface area contributed by atoms with Crippen molar-refractivity contribution in [3.63, 3.8) is 0 Å². The summed E-state index contributed by atoms with van der Waals surface area (Å²) in [6, 6.07) is 2.34. The molecule has 1 aromatic heterocycles. The molecular weight excluding hydrogens is 266 g/mol. The summed E-state index contributed by atoms with van der Waals surface area (Å²) in [6.07, 6.45) is 2.91. The van der Waals surface area contributed by atoms with Crippen molar-refractivity contribution in [3.05, 3.63) is 22.3 Å². The van der Waals surface area contributed by atoms with Gasteiger partial charge in [-0.1, -0.05) is 13.8 Å². The van der Waals surface area contributed by atoms with Crippen molar-refractivity contribution in [2.45, 2.75) is 33.2 Å². The molecule has 1 unspecified atom stereocenters. The van der Waals surface area contributed by atoms with Gasteiger partial charge in [0.2, 0.25) is 0 Å². The van der Waals surface area contributed by atoms with Crippen LogP contribution in [0.5, 0.6) is 0 Å². The molecule has 0 saturated heterocycles. The fraction of sp³-hybridized carbons (Fsp3) is 0.583. The van der Waals surface area contributed by atoms with Crippen molar-refractivity contribution >= 4 is 21.7 Å². The van der Waals surface area contributed by atoms with Crippen LogP contribution in [0.15, 0.2) is 16.7 Å². The zero-order valence-electron chi connectivity index (χ0n) is 10.1. The molecule has 0 aliphatic heterocycles. The first-order valence-electron chi connectivity index (χ1n) is 5.61. The lowest BCUT2D eigenvalue weighted by Crippen LogP contribution is -2.30. The molecular formula is C12H20BrN3. The highest BCUT2D eigenvalue weighted by Crippen LogP contribution is 2.22. The van der Waals surface area contributed by atoms with Crippen molar-refractivity contribution in [3.8, 4) is 0 Å². The Labute approximate surface area is 106 Å². The van der Waals surface area contributed by atoms with Gasteiger partial charge in [0.25, 0.3) is 0 Å². The molecule has 0 aliphatic carbocycles. The van der Waals surface area contributed by atoms with E-state index in [1.54, 1.807) is 0 Å². The summed E-state index contributed by atoms with van der Waals surface area (Å²) in [4.78, 5) is 4.36. The summed E-state index contributed by atoms with van der Waals surface area (Å²) < 4.78 is 0.995. The minimum absolute atomic E-state index is 0.284.